The van der Waals surface area contributed by atoms with E-state index in [9.17, 15) is 13.5 Å². The zero-order valence-corrected chi connectivity index (χ0v) is 12.2. The molecule has 4 nitrogen and oxygen atoms in total. The van der Waals surface area contributed by atoms with Gasteiger partial charge in [-0.3, -0.25) is 0 Å². The van der Waals surface area contributed by atoms with Gasteiger partial charge in [0.15, 0.2) is 0 Å². The van der Waals surface area contributed by atoms with Crippen molar-refractivity contribution in [1.82, 2.24) is 4.72 Å². The van der Waals surface area contributed by atoms with Crippen LogP contribution in [0.2, 0.25) is 0 Å². The van der Waals surface area contributed by atoms with Crippen LogP contribution >= 0.6 is 11.3 Å². The number of nitrogens with one attached hydrogen (secondary N) is 1. The van der Waals surface area contributed by atoms with Crippen LogP contribution in [0.3, 0.4) is 0 Å². The molecule has 18 heavy (non-hydrogen) atoms. The van der Waals surface area contributed by atoms with E-state index in [1.54, 1.807) is 6.07 Å². The Labute approximate surface area is 112 Å². The van der Waals surface area contributed by atoms with Crippen LogP contribution in [0, 0.1) is 12.8 Å². The van der Waals surface area contributed by atoms with Gasteiger partial charge in [0.25, 0.3) is 0 Å². The van der Waals surface area contributed by atoms with Crippen molar-refractivity contribution in [2.75, 3.05) is 0 Å². The Balaban J connectivity index is 2.07. The fourth-order valence-electron chi connectivity index (χ4n) is 2.27. The van der Waals surface area contributed by atoms with Gasteiger partial charge >= 0.3 is 0 Å². The standard InChI is InChI=1S/C12H19NO3S2/c1-3-11(9-5-10(14)6-9)13-18(15,16)12-4-8(2)7-17-12/h4,7,9-11,13-14H,3,5-6H2,1-2H3/t9?,10?,11-/m0/s1. The lowest BCUT2D eigenvalue weighted by Crippen LogP contribution is -2.46. The van der Waals surface area contributed by atoms with Crippen LogP contribution in [-0.2, 0) is 10.0 Å². The fourth-order valence-corrected chi connectivity index (χ4v) is 4.91. The molecule has 1 aliphatic carbocycles. The van der Waals surface area contributed by atoms with E-state index >= 15 is 0 Å². The van der Waals surface area contributed by atoms with Crippen molar-refractivity contribution in [2.45, 2.75) is 49.5 Å². The van der Waals surface area contributed by atoms with Crippen molar-refractivity contribution >= 4 is 21.4 Å². The maximum atomic E-state index is 12.2. The maximum absolute atomic E-state index is 12.2. The van der Waals surface area contributed by atoms with Gasteiger partial charge in [-0.1, -0.05) is 6.92 Å². The first-order valence-electron chi connectivity index (χ1n) is 6.18. The van der Waals surface area contributed by atoms with E-state index in [-0.39, 0.29) is 18.1 Å². The van der Waals surface area contributed by atoms with Gasteiger partial charge in [-0.2, -0.15) is 0 Å². The third-order valence-corrected chi connectivity index (χ3v) is 6.48. The summed E-state index contributed by atoms with van der Waals surface area (Å²) in [6.07, 6.45) is 1.90. The van der Waals surface area contributed by atoms with Crippen LogP contribution in [0.5, 0.6) is 0 Å². The minimum Gasteiger partial charge on any atom is -0.393 e. The van der Waals surface area contributed by atoms with Crippen molar-refractivity contribution in [1.29, 1.82) is 0 Å². The zero-order chi connectivity index (χ0) is 13.3. The Morgan fingerprint density at radius 3 is 2.67 bits per heavy atom. The third kappa shape index (κ3) is 2.93. The van der Waals surface area contributed by atoms with Crippen molar-refractivity contribution in [3.8, 4) is 0 Å². The predicted molar refractivity (Wildman–Crippen MR) is 72.2 cm³/mol. The molecule has 0 spiro atoms. The molecule has 1 aromatic heterocycles. The molecule has 1 aliphatic rings. The highest BCUT2D eigenvalue weighted by molar-refractivity contribution is 7.91. The van der Waals surface area contributed by atoms with E-state index in [2.05, 4.69) is 4.72 Å². The molecule has 0 bridgehead atoms. The molecule has 1 saturated carbocycles. The topological polar surface area (TPSA) is 66.4 Å². The monoisotopic (exact) mass is 289 g/mol. The van der Waals surface area contributed by atoms with E-state index in [4.69, 9.17) is 0 Å². The van der Waals surface area contributed by atoms with Crippen molar-refractivity contribution < 1.29 is 13.5 Å². The predicted octanol–water partition coefficient (Wildman–Crippen LogP) is 1.88. The second-order valence-electron chi connectivity index (χ2n) is 4.96. The SMILES string of the molecule is CC[C@H](NS(=O)(=O)c1cc(C)cs1)C1CC(O)C1. The minimum absolute atomic E-state index is 0.0687. The number of aryl methyl sites for hydroxylation is 1. The summed E-state index contributed by atoms with van der Waals surface area (Å²) in [7, 11) is -3.40. The first-order chi connectivity index (χ1) is 8.42. The number of aliphatic hydroxyl groups is 1. The van der Waals surface area contributed by atoms with E-state index in [0.29, 0.717) is 17.1 Å². The van der Waals surface area contributed by atoms with Crippen molar-refractivity contribution in [3.05, 3.63) is 17.0 Å². The Morgan fingerprint density at radius 1 is 1.56 bits per heavy atom. The molecule has 2 rings (SSSR count). The smallest absolute Gasteiger partial charge is 0.250 e. The largest absolute Gasteiger partial charge is 0.393 e. The van der Waals surface area contributed by atoms with Crippen LogP contribution in [0.25, 0.3) is 0 Å². The fraction of sp³-hybridized carbons (Fsp3) is 0.667. The molecule has 0 aromatic carbocycles. The second kappa shape index (κ2) is 5.28. The summed E-state index contributed by atoms with van der Waals surface area (Å²) in [4.78, 5) is 0. The Morgan fingerprint density at radius 2 is 2.22 bits per heavy atom. The molecular weight excluding hydrogens is 270 g/mol. The molecular formula is C12H19NO3S2. The summed E-state index contributed by atoms with van der Waals surface area (Å²) in [5, 5.41) is 11.1. The number of aliphatic hydroxyl groups excluding tert-OH is 1. The Bertz CT molecular complexity index is 503. The summed E-state index contributed by atoms with van der Waals surface area (Å²) < 4.78 is 27.5. The molecule has 1 atom stereocenters. The molecule has 102 valence electrons. The van der Waals surface area contributed by atoms with Crippen LogP contribution < -0.4 is 4.72 Å². The molecule has 1 heterocycles. The normalized spacial score (nSPS) is 25.7. The van der Waals surface area contributed by atoms with Gasteiger partial charge in [0.1, 0.15) is 4.21 Å². The lowest BCUT2D eigenvalue weighted by Gasteiger charge is -2.37. The van der Waals surface area contributed by atoms with Crippen molar-refractivity contribution in [2.24, 2.45) is 5.92 Å². The summed E-state index contributed by atoms with van der Waals surface area (Å²) in [6.45, 7) is 3.85. The number of sulfonamides is 1. The molecule has 1 aromatic rings. The van der Waals surface area contributed by atoms with Gasteiger partial charge in [0, 0.05) is 6.04 Å². The molecule has 0 amide bonds. The maximum Gasteiger partial charge on any atom is 0.250 e. The van der Waals surface area contributed by atoms with Gasteiger partial charge in [0.05, 0.1) is 6.10 Å². The van der Waals surface area contributed by atoms with E-state index < -0.39 is 10.0 Å². The highest BCUT2D eigenvalue weighted by Crippen LogP contribution is 2.32. The highest BCUT2D eigenvalue weighted by Gasteiger charge is 2.35. The van der Waals surface area contributed by atoms with Crippen LogP contribution in [0.15, 0.2) is 15.7 Å². The van der Waals surface area contributed by atoms with Gasteiger partial charge in [0.2, 0.25) is 10.0 Å². The van der Waals surface area contributed by atoms with Gasteiger partial charge in [-0.05, 0) is 49.1 Å². The number of hydrogen-bond donors (Lipinski definition) is 2. The molecule has 0 aliphatic heterocycles. The van der Waals surface area contributed by atoms with Crippen molar-refractivity contribution in [3.63, 3.8) is 0 Å². The van der Waals surface area contributed by atoms with E-state index in [1.807, 2.05) is 19.2 Å². The first kappa shape index (κ1) is 14.0. The quantitative estimate of drug-likeness (QED) is 0.870. The zero-order valence-electron chi connectivity index (χ0n) is 10.6. The van der Waals surface area contributed by atoms with Crippen LogP contribution in [-0.4, -0.2) is 25.7 Å². The lowest BCUT2D eigenvalue weighted by atomic mass is 9.77. The summed E-state index contributed by atoms with van der Waals surface area (Å²) in [5.41, 5.74) is 0.965. The average Bonchev–Trinajstić information content (AvgIpc) is 2.69. The molecule has 0 saturated heterocycles. The lowest BCUT2D eigenvalue weighted by molar-refractivity contribution is 0.0277. The summed E-state index contributed by atoms with van der Waals surface area (Å²) in [6, 6.07) is 1.62. The van der Waals surface area contributed by atoms with Gasteiger partial charge < -0.3 is 5.11 Å². The number of rotatable bonds is 5. The molecule has 6 heteroatoms. The molecule has 2 N–H and O–H groups in total. The second-order valence-corrected chi connectivity index (χ2v) is 7.82. The molecule has 0 radical (unpaired) electrons. The van der Waals surface area contributed by atoms with Crippen LogP contribution in [0.1, 0.15) is 31.7 Å². The number of hydrogen-bond acceptors (Lipinski definition) is 4. The average molecular weight is 289 g/mol. The summed E-state index contributed by atoms with van der Waals surface area (Å²) >= 11 is 1.25. The molecule has 0 unspecified atom stereocenters. The minimum atomic E-state index is -3.40. The Kier molecular flexibility index (Phi) is 4.11. The van der Waals surface area contributed by atoms with E-state index in [0.717, 1.165) is 12.0 Å². The van der Waals surface area contributed by atoms with Gasteiger partial charge in [-0.15, -0.1) is 11.3 Å². The van der Waals surface area contributed by atoms with Gasteiger partial charge in [-0.25, -0.2) is 13.1 Å². The highest BCUT2D eigenvalue weighted by atomic mass is 32.2. The van der Waals surface area contributed by atoms with Crippen LogP contribution in [0.4, 0.5) is 0 Å². The number of thiophene rings is 1. The molecule has 1 fully saturated rings. The third-order valence-electron chi connectivity index (χ3n) is 3.44. The first-order valence-corrected chi connectivity index (χ1v) is 8.54. The Hall–Kier alpha value is -0.430. The summed E-state index contributed by atoms with van der Waals surface area (Å²) in [5.74, 6) is 0.265. The van der Waals surface area contributed by atoms with E-state index in [1.165, 1.54) is 11.3 Å².